The average molecular weight is 753 g/mol. The van der Waals surface area contributed by atoms with Crippen LogP contribution in [0.25, 0.3) is 93.2 Å². The van der Waals surface area contributed by atoms with Crippen LogP contribution >= 0.6 is 0 Å². The quantitative estimate of drug-likeness (QED) is 0.158. The molecule has 12 rings (SSSR count). The maximum Gasteiger partial charge on any atom is 0.145 e. The Morgan fingerprint density at radius 1 is 0.373 bits per heavy atom. The Bertz CT molecular complexity index is 3500. The van der Waals surface area contributed by atoms with E-state index in [1.54, 1.807) is 0 Å². The van der Waals surface area contributed by atoms with Crippen molar-refractivity contribution in [3.8, 4) is 27.9 Å². The van der Waals surface area contributed by atoms with Crippen LogP contribution in [0.2, 0.25) is 0 Å². The highest BCUT2D eigenvalue weighted by atomic mass is 16.3. The summed E-state index contributed by atoms with van der Waals surface area (Å²) in [6.45, 7) is 0. The zero-order valence-corrected chi connectivity index (χ0v) is 32.1. The maximum absolute atomic E-state index is 6.86. The highest BCUT2D eigenvalue weighted by Gasteiger charge is 2.23. The highest BCUT2D eigenvalue weighted by molar-refractivity contribution is 6.17. The van der Waals surface area contributed by atoms with Crippen LogP contribution in [0.3, 0.4) is 0 Å². The second kappa shape index (κ2) is 13.4. The number of fused-ring (bicyclic) bond motifs is 9. The van der Waals surface area contributed by atoms with Crippen LogP contribution in [-0.4, -0.2) is 4.57 Å². The lowest BCUT2D eigenvalue weighted by molar-refractivity contribution is 0.670. The molecule has 0 unspecified atom stereocenters. The van der Waals surface area contributed by atoms with E-state index in [0.29, 0.717) is 0 Å². The van der Waals surface area contributed by atoms with Crippen LogP contribution in [0, 0.1) is 0 Å². The summed E-state index contributed by atoms with van der Waals surface area (Å²) in [5.74, 6) is 0. The molecule has 0 bridgehead atoms. The minimum Gasteiger partial charge on any atom is -0.455 e. The molecule has 3 nitrogen and oxygen atoms in total. The first-order valence-electron chi connectivity index (χ1n) is 20.2. The molecule has 59 heavy (non-hydrogen) atoms. The number of aromatic nitrogens is 1. The molecule has 0 aliphatic rings. The monoisotopic (exact) mass is 752 g/mol. The van der Waals surface area contributed by atoms with Crippen molar-refractivity contribution in [2.75, 3.05) is 4.90 Å². The van der Waals surface area contributed by atoms with Crippen molar-refractivity contribution in [1.29, 1.82) is 0 Å². The summed E-state index contributed by atoms with van der Waals surface area (Å²) in [5.41, 5.74) is 13.0. The van der Waals surface area contributed by atoms with Crippen molar-refractivity contribution in [3.05, 3.63) is 218 Å². The van der Waals surface area contributed by atoms with Gasteiger partial charge in [0.05, 0.1) is 22.1 Å². The standard InChI is InChI=1S/C56H36N2O/c1-2-16-40(17-3-1)57(42-18-12-15-39(36-42)44-23-13-24-46-43-19-5-4-14-37(43)30-33-47(44)46)53-35-34-45(56-55(53)50-22-8-11-27-54(50)59-56)38-28-31-41(32-29-38)58-51-25-9-6-20-48(51)49-21-7-10-26-52(49)58/h1-36H. The molecule has 0 saturated carbocycles. The zero-order valence-electron chi connectivity index (χ0n) is 32.1. The van der Waals surface area contributed by atoms with Crippen LogP contribution in [-0.2, 0) is 0 Å². The smallest absolute Gasteiger partial charge is 0.145 e. The number of benzene rings is 10. The zero-order chi connectivity index (χ0) is 38.9. The highest BCUT2D eigenvalue weighted by Crippen LogP contribution is 2.47. The predicted octanol–water partition coefficient (Wildman–Crippen LogP) is 15.8. The van der Waals surface area contributed by atoms with Gasteiger partial charge in [0.15, 0.2) is 0 Å². The second-order valence-electron chi connectivity index (χ2n) is 15.3. The molecule has 0 fully saturated rings. The lowest BCUT2D eigenvalue weighted by Gasteiger charge is -2.27. The SMILES string of the molecule is c1ccc(N(c2cccc(-c3cccc4c3ccc3ccccc34)c2)c2ccc(-c3ccc(-n4c5ccccc5c5ccccc54)cc3)c3oc4ccccc4c23)cc1. The lowest BCUT2D eigenvalue weighted by Crippen LogP contribution is -2.10. The molecule has 0 atom stereocenters. The number of rotatable bonds is 6. The molecular formula is C56H36N2O. The number of hydrogen-bond donors (Lipinski definition) is 0. The van der Waals surface area contributed by atoms with Gasteiger partial charge in [0, 0.05) is 38.8 Å². The number of hydrogen-bond acceptors (Lipinski definition) is 2. The molecule has 0 radical (unpaired) electrons. The van der Waals surface area contributed by atoms with Crippen molar-refractivity contribution < 1.29 is 4.42 Å². The van der Waals surface area contributed by atoms with E-state index in [-0.39, 0.29) is 0 Å². The van der Waals surface area contributed by atoms with Crippen LogP contribution in [0.15, 0.2) is 223 Å². The molecule has 10 aromatic carbocycles. The van der Waals surface area contributed by atoms with Crippen molar-refractivity contribution in [2.24, 2.45) is 0 Å². The van der Waals surface area contributed by atoms with E-state index in [1.165, 1.54) is 48.9 Å². The Labute approximate surface area is 341 Å². The average Bonchev–Trinajstić information content (AvgIpc) is 3.86. The van der Waals surface area contributed by atoms with E-state index < -0.39 is 0 Å². The number of para-hydroxylation sites is 4. The van der Waals surface area contributed by atoms with Crippen LogP contribution in [0.1, 0.15) is 0 Å². The van der Waals surface area contributed by atoms with E-state index in [4.69, 9.17) is 4.42 Å². The van der Waals surface area contributed by atoms with Gasteiger partial charge in [-0.05, 0) is 105 Å². The first-order valence-corrected chi connectivity index (χ1v) is 20.2. The summed E-state index contributed by atoms with van der Waals surface area (Å²) in [6.07, 6.45) is 0. The maximum atomic E-state index is 6.86. The molecule has 3 heteroatoms. The first-order chi connectivity index (χ1) is 29.3. The van der Waals surface area contributed by atoms with Crippen LogP contribution in [0.5, 0.6) is 0 Å². The Balaban J connectivity index is 1.03. The molecule has 0 aliphatic carbocycles. The van der Waals surface area contributed by atoms with Crippen molar-refractivity contribution in [3.63, 3.8) is 0 Å². The first kappa shape index (κ1) is 33.3. The van der Waals surface area contributed by atoms with Gasteiger partial charge in [-0.2, -0.15) is 0 Å². The Morgan fingerprint density at radius 3 is 1.81 bits per heavy atom. The van der Waals surface area contributed by atoms with Crippen molar-refractivity contribution >= 4 is 82.4 Å². The third-order valence-electron chi connectivity index (χ3n) is 12.0. The van der Waals surface area contributed by atoms with Crippen molar-refractivity contribution in [2.45, 2.75) is 0 Å². The molecular weight excluding hydrogens is 717 g/mol. The van der Waals surface area contributed by atoms with E-state index in [1.807, 2.05) is 0 Å². The normalized spacial score (nSPS) is 11.7. The molecule has 2 heterocycles. The topological polar surface area (TPSA) is 21.3 Å². The molecule has 0 aliphatic heterocycles. The minimum absolute atomic E-state index is 0.864. The van der Waals surface area contributed by atoms with Gasteiger partial charge < -0.3 is 13.9 Å². The fraction of sp³-hybridized carbons (Fsp3) is 0. The van der Waals surface area contributed by atoms with Gasteiger partial charge in [0.25, 0.3) is 0 Å². The summed E-state index contributed by atoms with van der Waals surface area (Å²) in [7, 11) is 0. The Hall–Kier alpha value is -7.88. The van der Waals surface area contributed by atoms with Gasteiger partial charge in [-0.15, -0.1) is 0 Å². The molecule has 276 valence electrons. The third-order valence-corrected chi connectivity index (χ3v) is 12.0. The molecule has 0 saturated heterocycles. The Kier molecular flexibility index (Phi) is 7.54. The second-order valence-corrected chi connectivity index (χ2v) is 15.3. The summed E-state index contributed by atoms with van der Waals surface area (Å²) in [4.78, 5) is 2.38. The van der Waals surface area contributed by atoms with E-state index >= 15 is 0 Å². The minimum atomic E-state index is 0.864. The van der Waals surface area contributed by atoms with Crippen LogP contribution in [0.4, 0.5) is 17.1 Å². The molecule has 0 amide bonds. The van der Waals surface area contributed by atoms with E-state index in [0.717, 1.165) is 61.4 Å². The van der Waals surface area contributed by atoms with E-state index in [2.05, 4.69) is 228 Å². The Morgan fingerprint density at radius 2 is 1.02 bits per heavy atom. The third kappa shape index (κ3) is 5.29. The fourth-order valence-corrected chi connectivity index (χ4v) is 9.32. The number of anilines is 3. The van der Waals surface area contributed by atoms with Gasteiger partial charge in [-0.3, -0.25) is 0 Å². The fourth-order valence-electron chi connectivity index (χ4n) is 9.32. The molecule has 12 aromatic rings. The van der Waals surface area contributed by atoms with Crippen LogP contribution < -0.4 is 4.90 Å². The van der Waals surface area contributed by atoms with Gasteiger partial charge in [0.1, 0.15) is 11.2 Å². The van der Waals surface area contributed by atoms with Gasteiger partial charge in [0.2, 0.25) is 0 Å². The van der Waals surface area contributed by atoms with Gasteiger partial charge in [-0.25, -0.2) is 0 Å². The molecule has 0 spiro atoms. The lowest BCUT2D eigenvalue weighted by atomic mass is 9.94. The van der Waals surface area contributed by atoms with E-state index in [9.17, 15) is 0 Å². The molecule has 0 N–H and O–H groups in total. The number of nitrogens with zero attached hydrogens (tertiary/aromatic N) is 2. The summed E-state index contributed by atoms with van der Waals surface area (Å²) in [5, 5.41) is 9.69. The van der Waals surface area contributed by atoms with Gasteiger partial charge in [-0.1, -0.05) is 152 Å². The summed E-state index contributed by atoms with van der Waals surface area (Å²) >= 11 is 0. The number of furan rings is 1. The van der Waals surface area contributed by atoms with Crippen molar-refractivity contribution in [1.82, 2.24) is 4.57 Å². The van der Waals surface area contributed by atoms with Gasteiger partial charge >= 0.3 is 0 Å². The predicted molar refractivity (Wildman–Crippen MR) is 249 cm³/mol. The summed E-state index contributed by atoms with van der Waals surface area (Å²) in [6, 6.07) is 78.6. The largest absolute Gasteiger partial charge is 0.455 e. The summed E-state index contributed by atoms with van der Waals surface area (Å²) < 4.78 is 9.22. The molecule has 2 aromatic heterocycles.